The van der Waals surface area contributed by atoms with Gasteiger partial charge in [0.2, 0.25) is 5.91 Å². The standard InChI is InChI=1S/C15H18N2O2S/c1-11-12-3-9-20-13(12)2-6-17(11)14(18)15(10-16)4-7-19-8-5-15/h3,9,11H,2,4-8H2,1H3. The molecule has 0 bridgehead atoms. The average molecular weight is 290 g/mol. The summed E-state index contributed by atoms with van der Waals surface area (Å²) < 4.78 is 5.31. The third-order valence-electron chi connectivity index (χ3n) is 4.51. The van der Waals surface area contributed by atoms with Gasteiger partial charge in [0, 0.05) is 24.6 Å². The summed E-state index contributed by atoms with van der Waals surface area (Å²) in [6.45, 7) is 3.79. The van der Waals surface area contributed by atoms with Crippen molar-refractivity contribution in [2.24, 2.45) is 5.41 Å². The number of nitriles is 1. The Kier molecular flexibility index (Phi) is 3.53. The molecule has 1 unspecified atom stereocenters. The third kappa shape index (κ3) is 2.04. The molecule has 106 valence electrons. The normalized spacial score (nSPS) is 24.8. The van der Waals surface area contributed by atoms with E-state index in [1.165, 1.54) is 10.4 Å². The van der Waals surface area contributed by atoms with Crippen LogP contribution >= 0.6 is 11.3 Å². The summed E-state index contributed by atoms with van der Waals surface area (Å²) >= 11 is 1.76. The van der Waals surface area contributed by atoms with Gasteiger partial charge < -0.3 is 9.64 Å². The van der Waals surface area contributed by atoms with Crippen molar-refractivity contribution < 1.29 is 9.53 Å². The lowest BCUT2D eigenvalue weighted by Crippen LogP contribution is -2.49. The lowest BCUT2D eigenvalue weighted by Gasteiger charge is -2.40. The monoisotopic (exact) mass is 290 g/mol. The highest BCUT2D eigenvalue weighted by molar-refractivity contribution is 7.10. The van der Waals surface area contributed by atoms with Crippen molar-refractivity contribution in [3.05, 3.63) is 21.9 Å². The van der Waals surface area contributed by atoms with E-state index < -0.39 is 5.41 Å². The van der Waals surface area contributed by atoms with E-state index in [9.17, 15) is 10.1 Å². The molecule has 1 fully saturated rings. The number of ether oxygens (including phenoxy) is 1. The topological polar surface area (TPSA) is 53.3 Å². The van der Waals surface area contributed by atoms with Gasteiger partial charge in [0.05, 0.1) is 12.1 Å². The first-order valence-corrected chi connectivity index (χ1v) is 7.92. The summed E-state index contributed by atoms with van der Waals surface area (Å²) in [4.78, 5) is 16.2. The molecule has 0 saturated carbocycles. The van der Waals surface area contributed by atoms with Crippen molar-refractivity contribution in [2.45, 2.75) is 32.2 Å². The summed E-state index contributed by atoms with van der Waals surface area (Å²) in [5, 5.41) is 11.6. The van der Waals surface area contributed by atoms with E-state index in [-0.39, 0.29) is 11.9 Å². The van der Waals surface area contributed by atoms with E-state index in [1.54, 1.807) is 11.3 Å². The number of nitrogens with zero attached hydrogens (tertiary/aromatic N) is 2. The molecule has 2 aliphatic heterocycles. The zero-order valence-corrected chi connectivity index (χ0v) is 12.4. The SMILES string of the molecule is CC1c2ccsc2CCN1C(=O)C1(C#N)CCOCC1. The summed E-state index contributed by atoms with van der Waals surface area (Å²) in [5.74, 6) is -0.00681. The Morgan fingerprint density at radius 3 is 3.00 bits per heavy atom. The van der Waals surface area contributed by atoms with Gasteiger partial charge in [0.15, 0.2) is 0 Å². The van der Waals surface area contributed by atoms with Gasteiger partial charge in [-0.05, 0) is 43.2 Å². The van der Waals surface area contributed by atoms with Crippen molar-refractivity contribution in [3.8, 4) is 6.07 Å². The quantitative estimate of drug-likeness (QED) is 0.798. The number of fused-ring (bicyclic) bond motifs is 1. The molecule has 4 nitrogen and oxygen atoms in total. The van der Waals surface area contributed by atoms with E-state index in [4.69, 9.17) is 4.74 Å². The van der Waals surface area contributed by atoms with Crippen LogP contribution in [0.1, 0.15) is 36.2 Å². The molecule has 5 heteroatoms. The van der Waals surface area contributed by atoms with Crippen LogP contribution < -0.4 is 0 Å². The molecule has 0 radical (unpaired) electrons. The van der Waals surface area contributed by atoms with E-state index in [0.29, 0.717) is 26.1 Å². The predicted molar refractivity (Wildman–Crippen MR) is 76.3 cm³/mol. The Morgan fingerprint density at radius 2 is 2.30 bits per heavy atom. The largest absolute Gasteiger partial charge is 0.381 e. The number of hydrogen-bond donors (Lipinski definition) is 0. The Morgan fingerprint density at radius 1 is 1.55 bits per heavy atom. The molecule has 1 aromatic heterocycles. The fraction of sp³-hybridized carbons (Fsp3) is 0.600. The molecule has 0 spiro atoms. The number of thiophene rings is 1. The molecule has 1 saturated heterocycles. The van der Waals surface area contributed by atoms with Gasteiger partial charge in [-0.2, -0.15) is 5.26 Å². The van der Waals surface area contributed by atoms with Gasteiger partial charge in [0.1, 0.15) is 5.41 Å². The Bertz CT molecular complexity index is 554. The molecule has 3 heterocycles. The van der Waals surface area contributed by atoms with E-state index in [2.05, 4.69) is 24.4 Å². The zero-order chi connectivity index (χ0) is 14.2. The maximum absolute atomic E-state index is 12.9. The van der Waals surface area contributed by atoms with Crippen LogP contribution in [0.15, 0.2) is 11.4 Å². The highest BCUT2D eigenvalue weighted by Crippen LogP contribution is 2.38. The van der Waals surface area contributed by atoms with Gasteiger partial charge in [0.25, 0.3) is 0 Å². The summed E-state index contributed by atoms with van der Waals surface area (Å²) in [7, 11) is 0. The number of hydrogen-bond acceptors (Lipinski definition) is 4. The first-order valence-electron chi connectivity index (χ1n) is 7.04. The molecule has 1 amide bonds. The van der Waals surface area contributed by atoms with Gasteiger partial charge in [-0.3, -0.25) is 4.79 Å². The van der Waals surface area contributed by atoms with Crippen LogP contribution in [0.4, 0.5) is 0 Å². The fourth-order valence-electron chi connectivity index (χ4n) is 3.16. The highest BCUT2D eigenvalue weighted by atomic mass is 32.1. The summed E-state index contributed by atoms with van der Waals surface area (Å²) in [6.07, 6.45) is 1.94. The number of carbonyl (C=O) groups is 1. The molecular weight excluding hydrogens is 272 g/mol. The van der Waals surface area contributed by atoms with E-state index in [0.717, 1.165) is 13.0 Å². The minimum atomic E-state index is -0.875. The fourth-order valence-corrected chi connectivity index (χ4v) is 4.12. The molecular formula is C15H18N2O2S. The first kappa shape index (κ1) is 13.6. The molecule has 0 N–H and O–H groups in total. The number of amides is 1. The Balaban J connectivity index is 1.86. The molecule has 0 aromatic carbocycles. The highest BCUT2D eigenvalue weighted by Gasteiger charge is 2.45. The molecule has 20 heavy (non-hydrogen) atoms. The van der Waals surface area contributed by atoms with Gasteiger partial charge in [-0.25, -0.2) is 0 Å². The lowest BCUT2D eigenvalue weighted by atomic mass is 9.79. The predicted octanol–water partition coefficient (Wildman–Crippen LogP) is 2.51. The summed E-state index contributed by atoms with van der Waals surface area (Å²) in [6, 6.07) is 4.46. The molecule has 2 aliphatic rings. The minimum absolute atomic E-state index is 0.00681. The van der Waals surface area contributed by atoms with Crippen LogP contribution in [-0.4, -0.2) is 30.6 Å². The minimum Gasteiger partial charge on any atom is -0.381 e. The second kappa shape index (κ2) is 5.19. The van der Waals surface area contributed by atoms with E-state index in [1.807, 2.05) is 4.90 Å². The van der Waals surface area contributed by atoms with Crippen LogP contribution in [0.3, 0.4) is 0 Å². The zero-order valence-electron chi connectivity index (χ0n) is 11.6. The lowest BCUT2D eigenvalue weighted by molar-refractivity contribution is -0.146. The van der Waals surface area contributed by atoms with E-state index >= 15 is 0 Å². The molecule has 0 aliphatic carbocycles. The Labute approximate surface area is 123 Å². The van der Waals surface area contributed by atoms with Crippen LogP contribution in [-0.2, 0) is 16.0 Å². The van der Waals surface area contributed by atoms with Crippen molar-refractivity contribution in [3.63, 3.8) is 0 Å². The smallest absolute Gasteiger partial charge is 0.243 e. The van der Waals surface area contributed by atoms with Gasteiger partial charge in [-0.15, -0.1) is 11.3 Å². The molecule has 3 rings (SSSR count). The Hall–Kier alpha value is -1.38. The first-order chi connectivity index (χ1) is 9.68. The molecule has 1 aromatic rings. The second-order valence-electron chi connectivity index (χ2n) is 5.53. The van der Waals surface area contributed by atoms with Crippen molar-refractivity contribution >= 4 is 17.2 Å². The second-order valence-corrected chi connectivity index (χ2v) is 6.53. The number of carbonyl (C=O) groups excluding carboxylic acids is 1. The van der Waals surface area contributed by atoms with Crippen molar-refractivity contribution in [2.75, 3.05) is 19.8 Å². The van der Waals surface area contributed by atoms with Crippen LogP contribution in [0.5, 0.6) is 0 Å². The maximum atomic E-state index is 12.9. The van der Waals surface area contributed by atoms with Crippen molar-refractivity contribution in [1.82, 2.24) is 4.90 Å². The van der Waals surface area contributed by atoms with Crippen LogP contribution in [0.2, 0.25) is 0 Å². The number of rotatable bonds is 1. The average Bonchev–Trinajstić information content (AvgIpc) is 2.97. The third-order valence-corrected chi connectivity index (χ3v) is 5.50. The van der Waals surface area contributed by atoms with Crippen molar-refractivity contribution in [1.29, 1.82) is 5.26 Å². The van der Waals surface area contributed by atoms with Crippen LogP contribution in [0.25, 0.3) is 0 Å². The summed E-state index contributed by atoms with van der Waals surface area (Å²) in [5.41, 5.74) is 0.370. The maximum Gasteiger partial charge on any atom is 0.243 e. The van der Waals surface area contributed by atoms with Gasteiger partial charge in [-0.1, -0.05) is 0 Å². The molecule has 1 atom stereocenters. The van der Waals surface area contributed by atoms with Gasteiger partial charge >= 0.3 is 0 Å². The van der Waals surface area contributed by atoms with Crippen LogP contribution in [0, 0.1) is 16.7 Å².